The summed E-state index contributed by atoms with van der Waals surface area (Å²) < 4.78 is 0. The van der Waals surface area contributed by atoms with Gasteiger partial charge in [-0.15, -0.1) is 0 Å². The van der Waals surface area contributed by atoms with Crippen LogP contribution in [0.2, 0.25) is 0 Å². The zero-order chi connectivity index (χ0) is 16.8. The van der Waals surface area contributed by atoms with Gasteiger partial charge in [0.05, 0.1) is 6.10 Å². The third-order valence-electron chi connectivity index (χ3n) is 4.26. The Labute approximate surface area is 134 Å². The van der Waals surface area contributed by atoms with Crippen LogP contribution in [0.3, 0.4) is 0 Å². The molecular formula is C20H28O2. The Morgan fingerprint density at radius 1 is 1.18 bits per heavy atom. The lowest BCUT2D eigenvalue weighted by atomic mass is 9.71. The molecule has 0 fully saturated rings. The van der Waals surface area contributed by atoms with E-state index in [1.165, 1.54) is 11.6 Å². The highest BCUT2D eigenvalue weighted by Crippen LogP contribution is 2.40. The van der Waals surface area contributed by atoms with Gasteiger partial charge < -0.3 is 5.11 Å². The number of allylic oxidation sites excluding steroid dienone is 9. The molecule has 1 aliphatic carbocycles. The van der Waals surface area contributed by atoms with Crippen LogP contribution >= 0.6 is 0 Å². The number of hydrogen-bond donors (Lipinski definition) is 1. The standard InChI is InChI=1S/C20H28O2/c1-15(7-6-8-16(2)12-14-21)9-10-18-17(3)19(22)11-13-20(18,4)5/h6-10,12,14,19,22H,11,13H2,1-5H3/b8-6+,10-9+,15-7+,16-12-/t19-/m1/s1. The molecule has 2 nitrogen and oxygen atoms in total. The van der Waals surface area contributed by atoms with E-state index in [4.69, 9.17) is 0 Å². The van der Waals surface area contributed by atoms with Crippen LogP contribution in [0.25, 0.3) is 0 Å². The minimum absolute atomic E-state index is 0.110. The topological polar surface area (TPSA) is 37.3 Å². The minimum Gasteiger partial charge on any atom is -0.389 e. The highest BCUT2D eigenvalue weighted by molar-refractivity contribution is 5.66. The molecule has 0 amide bonds. The lowest BCUT2D eigenvalue weighted by Gasteiger charge is -2.35. The first-order valence-corrected chi connectivity index (χ1v) is 7.82. The molecule has 0 aliphatic heterocycles. The number of aldehydes is 1. The highest BCUT2D eigenvalue weighted by Gasteiger charge is 2.30. The van der Waals surface area contributed by atoms with Gasteiger partial charge in [-0.1, -0.05) is 49.8 Å². The van der Waals surface area contributed by atoms with Gasteiger partial charge in [-0.3, -0.25) is 4.79 Å². The first-order valence-electron chi connectivity index (χ1n) is 7.82. The maximum Gasteiger partial charge on any atom is 0.143 e. The van der Waals surface area contributed by atoms with Crippen molar-refractivity contribution in [2.24, 2.45) is 5.41 Å². The second-order valence-corrected chi connectivity index (χ2v) is 6.68. The van der Waals surface area contributed by atoms with Gasteiger partial charge in [0.1, 0.15) is 6.29 Å². The Bertz CT molecular complexity index is 554. The van der Waals surface area contributed by atoms with Gasteiger partial charge in [-0.2, -0.15) is 0 Å². The first-order chi connectivity index (χ1) is 10.3. The van der Waals surface area contributed by atoms with Crippen molar-refractivity contribution in [3.8, 4) is 0 Å². The molecule has 1 N–H and O–H groups in total. The molecule has 22 heavy (non-hydrogen) atoms. The van der Waals surface area contributed by atoms with Crippen LogP contribution in [0.1, 0.15) is 47.5 Å². The minimum atomic E-state index is -0.312. The number of aliphatic hydroxyl groups excluding tert-OH is 1. The maximum absolute atomic E-state index is 10.3. The fourth-order valence-electron chi connectivity index (χ4n) is 2.70. The Kier molecular flexibility index (Phi) is 6.76. The summed E-state index contributed by atoms with van der Waals surface area (Å²) >= 11 is 0. The average Bonchev–Trinajstić information content (AvgIpc) is 2.43. The van der Waals surface area contributed by atoms with Crippen LogP contribution < -0.4 is 0 Å². The highest BCUT2D eigenvalue weighted by atomic mass is 16.3. The van der Waals surface area contributed by atoms with Crippen molar-refractivity contribution in [3.05, 3.63) is 58.7 Å². The predicted octanol–water partition coefficient (Wildman–Crippen LogP) is 4.69. The molecule has 0 saturated heterocycles. The van der Waals surface area contributed by atoms with E-state index in [-0.39, 0.29) is 11.5 Å². The molecule has 0 aromatic rings. The van der Waals surface area contributed by atoms with Crippen LogP contribution in [0.15, 0.2) is 58.7 Å². The van der Waals surface area contributed by atoms with Crippen molar-refractivity contribution in [1.29, 1.82) is 0 Å². The van der Waals surface area contributed by atoms with Gasteiger partial charge in [0.15, 0.2) is 0 Å². The van der Waals surface area contributed by atoms with E-state index in [1.807, 2.05) is 39.0 Å². The molecule has 120 valence electrons. The second kappa shape index (κ2) is 8.09. The summed E-state index contributed by atoms with van der Waals surface area (Å²) in [5.41, 5.74) is 4.49. The van der Waals surface area contributed by atoms with Gasteiger partial charge in [-0.05, 0) is 61.8 Å². The van der Waals surface area contributed by atoms with Crippen molar-refractivity contribution >= 4 is 6.29 Å². The quantitative estimate of drug-likeness (QED) is 0.454. The zero-order valence-electron chi connectivity index (χ0n) is 14.4. The van der Waals surface area contributed by atoms with Crippen LogP contribution in [-0.2, 0) is 4.79 Å². The molecular weight excluding hydrogens is 272 g/mol. The molecule has 0 bridgehead atoms. The number of carbonyl (C=O) groups is 1. The van der Waals surface area contributed by atoms with E-state index in [2.05, 4.69) is 26.0 Å². The number of hydrogen-bond acceptors (Lipinski definition) is 2. The summed E-state index contributed by atoms with van der Waals surface area (Å²) in [7, 11) is 0. The molecule has 1 aliphatic rings. The second-order valence-electron chi connectivity index (χ2n) is 6.68. The monoisotopic (exact) mass is 300 g/mol. The third kappa shape index (κ3) is 5.27. The molecule has 0 radical (unpaired) electrons. The van der Waals surface area contributed by atoms with Crippen molar-refractivity contribution in [3.63, 3.8) is 0 Å². The zero-order valence-corrected chi connectivity index (χ0v) is 14.4. The lowest BCUT2D eigenvalue weighted by Crippen LogP contribution is -2.27. The van der Waals surface area contributed by atoms with Crippen molar-refractivity contribution in [2.75, 3.05) is 0 Å². The summed E-state index contributed by atoms with van der Waals surface area (Å²) in [4.78, 5) is 10.3. The summed E-state index contributed by atoms with van der Waals surface area (Å²) in [6, 6.07) is 0. The fourth-order valence-corrected chi connectivity index (χ4v) is 2.70. The van der Waals surface area contributed by atoms with E-state index in [0.29, 0.717) is 0 Å². The molecule has 1 atom stereocenters. The molecule has 0 aromatic carbocycles. The lowest BCUT2D eigenvalue weighted by molar-refractivity contribution is -0.104. The van der Waals surface area contributed by atoms with Crippen LogP contribution in [-0.4, -0.2) is 17.5 Å². The fraction of sp³-hybridized carbons (Fsp3) is 0.450. The molecule has 0 spiro atoms. The van der Waals surface area contributed by atoms with E-state index >= 15 is 0 Å². The van der Waals surface area contributed by atoms with E-state index in [1.54, 1.807) is 0 Å². The van der Waals surface area contributed by atoms with Crippen LogP contribution in [0.5, 0.6) is 0 Å². The van der Waals surface area contributed by atoms with E-state index in [0.717, 1.165) is 35.8 Å². The summed E-state index contributed by atoms with van der Waals surface area (Å²) in [5.74, 6) is 0. The first kappa shape index (κ1) is 18.4. The molecule has 2 heteroatoms. The molecule has 0 aromatic heterocycles. The molecule has 0 heterocycles. The largest absolute Gasteiger partial charge is 0.389 e. The van der Waals surface area contributed by atoms with Crippen LogP contribution in [0, 0.1) is 5.41 Å². The van der Waals surface area contributed by atoms with Gasteiger partial charge in [0, 0.05) is 0 Å². The Balaban J connectivity index is 2.88. The normalized spacial score (nSPS) is 23.6. The van der Waals surface area contributed by atoms with Crippen molar-refractivity contribution in [2.45, 2.75) is 53.6 Å². The molecule has 0 unspecified atom stereocenters. The Morgan fingerprint density at radius 2 is 1.82 bits per heavy atom. The van der Waals surface area contributed by atoms with Crippen molar-refractivity contribution in [1.82, 2.24) is 0 Å². The predicted molar refractivity (Wildman–Crippen MR) is 93.6 cm³/mol. The SMILES string of the molecule is CC1=C(/C=C/C(C)=C/C=C/C(C)=C\C=O)C(C)(C)CC[C@H]1O. The van der Waals surface area contributed by atoms with E-state index < -0.39 is 0 Å². The number of aliphatic hydroxyl groups is 1. The van der Waals surface area contributed by atoms with Gasteiger partial charge in [-0.25, -0.2) is 0 Å². The summed E-state index contributed by atoms with van der Waals surface area (Å²) in [6.07, 6.45) is 13.9. The third-order valence-corrected chi connectivity index (χ3v) is 4.26. The van der Waals surface area contributed by atoms with Gasteiger partial charge in [0.2, 0.25) is 0 Å². The Hall–Kier alpha value is -1.67. The molecule has 0 saturated carbocycles. The summed E-state index contributed by atoms with van der Waals surface area (Å²) in [5, 5.41) is 10.0. The summed E-state index contributed by atoms with van der Waals surface area (Å²) in [6.45, 7) is 10.4. The Morgan fingerprint density at radius 3 is 2.45 bits per heavy atom. The van der Waals surface area contributed by atoms with Gasteiger partial charge in [0.25, 0.3) is 0 Å². The molecule has 1 rings (SSSR count). The number of rotatable bonds is 5. The van der Waals surface area contributed by atoms with Gasteiger partial charge >= 0.3 is 0 Å². The maximum atomic E-state index is 10.3. The smallest absolute Gasteiger partial charge is 0.143 e. The van der Waals surface area contributed by atoms with Crippen molar-refractivity contribution < 1.29 is 9.90 Å². The van der Waals surface area contributed by atoms with E-state index in [9.17, 15) is 9.90 Å². The number of carbonyl (C=O) groups excluding carboxylic acids is 1. The average molecular weight is 300 g/mol. The van der Waals surface area contributed by atoms with Crippen LogP contribution in [0.4, 0.5) is 0 Å².